The van der Waals surface area contributed by atoms with E-state index in [0.29, 0.717) is 17.7 Å². The number of carbonyl (C=O) groups excluding carboxylic acids is 1. The molecule has 0 heterocycles. The SMILES string of the molecule is C/C=C(\N=C/CC(C)(C)O)N(C)C(=O)OC1CCC(C)(C)CC1. The van der Waals surface area contributed by atoms with Gasteiger partial charge in [0.05, 0.1) is 5.60 Å². The summed E-state index contributed by atoms with van der Waals surface area (Å²) in [5, 5.41) is 9.69. The zero-order valence-corrected chi connectivity index (χ0v) is 15.4. The zero-order chi connectivity index (χ0) is 17.7. The Morgan fingerprint density at radius 1 is 1.39 bits per heavy atom. The van der Waals surface area contributed by atoms with E-state index < -0.39 is 5.60 Å². The molecule has 1 N–H and O–H groups in total. The van der Waals surface area contributed by atoms with E-state index in [2.05, 4.69) is 18.8 Å². The molecule has 1 fully saturated rings. The number of hydrogen-bond donors (Lipinski definition) is 1. The van der Waals surface area contributed by atoms with Crippen LogP contribution in [0.5, 0.6) is 0 Å². The molecule has 0 aromatic carbocycles. The first-order valence-electron chi connectivity index (χ1n) is 8.40. The lowest BCUT2D eigenvalue weighted by Gasteiger charge is -2.34. The highest BCUT2D eigenvalue weighted by molar-refractivity contribution is 5.71. The molecule has 0 aromatic heterocycles. The van der Waals surface area contributed by atoms with Gasteiger partial charge >= 0.3 is 6.09 Å². The molecule has 132 valence electrons. The van der Waals surface area contributed by atoms with Gasteiger partial charge < -0.3 is 9.84 Å². The topological polar surface area (TPSA) is 62.1 Å². The van der Waals surface area contributed by atoms with Crippen LogP contribution in [0.1, 0.15) is 66.7 Å². The van der Waals surface area contributed by atoms with E-state index in [-0.39, 0.29) is 12.2 Å². The minimum Gasteiger partial charge on any atom is -0.446 e. The number of hydrogen-bond acceptors (Lipinski definition) is 4. The molecule has 23 heavy (non-hydrogen) atoms. The Hall–Kier alpha value is -1.36. The Bertz CT molecular complexity index is 451. The smallest absolute Gasteiger partial charge is 0.415 e. The lowest BCUT2D eigenvalue weighted by atomic mass is 9.76. The second kappa shape index (κ2) is 7.95. The molecule has 5 heteroatoms. The van der Waals surface area contributed by atoms with Crippen molar-refractivity contribution in [3.05, 3.63) is 11.9 Å². The predicted molar refractivity (Wildman–Crippen MR) is 93.4 cm³/mol. The second-order valence-corrected chi connectivity index (χ2v) is 7.78. The summed E-state index contributed by atoms with van der Waals surface area (Å²) in [6, 6.07) is 0. The van der Waals surface area contributed by atoms with Crippen molar-refractivity contribution in [2.45, 2.75) is 78.4 Å². The number of carbonyl (C=O) groups is 1. The highest BCUT2D eigenvalue weighted by atomic mass is 16.6. The van der Waals surface area contributed by atoms with E-state index in [0.717, 1.165) is 25.7 Å². The van der Waals surface area contributed by atoms with Gasteiger partial charge in [-0.25, -0.2) is 9.79 Å². The van der Waals surface area contributed by atoms with Crippen LogP contribution in [-0.4, -0.2) is 41.1 Å². The van der Waals surface area contributed by atoms with Crippen LogP contribution in [0.15, 0.2) is 16.9 Å². The number of ether oxygens (including phenoxy) is 1. The zero-order valence-electron chi connectivity index (χ0n) is 15.4. The van der Waals surface area contributed by atoms with Gasteiger partial charge in [0.15, 0.2) is 0 Å². The molecule has 0 unspecified atom stereocenters. The Morgan fingerprint density at radius 2 is 1.96 bits per heavy atom. The fourth-order valence-electron chi connectivity index (χ4n) is 2.52. The van der Waals surface area contributed by atoms with Crippen LogP contribution in [-0.2, 0) is 4.74 Å². The van der Waals surface area contributed by atoms with Crippen molar-refractivity contribution >= 4 is 12.3 Å². The number of aliphatic imine (C=N–C) groups is 1. The summed E-state index contributed by atoms with van der Waals surface area (Å²) in [4.78, 5) is 18.0. The van der Waals surface area contributed by atoms with E-state index in [1.807, 2.05) is 6.92 Å². The van der Waals surface area contributed by atoms with Gasteiger partial charge in [-0.2, -0.15) is 0 Å². The number of nitrogens with zero attached hydrogens (tertiary/aromatic N) is 2. The third-order valence-electron chi connectivity index (χ3n) is 4.24. The summed E-state index contributed by atoms with van der Waals surface area (Å²) in [6.07, 6.45) is 7.42. The predicted octanol–water partition coefficient (Wildman–Crippen LogP) is 4.12. The fraction of sp³-hybridized carbons (Fsp3) is 0.778. The molecule has 0 saturated heterocycles. The van der Waals surface area contributed by atoms with Crippen LogP contribution >= 0.6 is 0 Å². The van der Waals surface area contributed by atoms with E-state index in [1.165, 1.54) is 4.90 Å². The van der Waals surface area contributed by atoms with Crippen LogP contribution in [0.4, 0.5) is 4.79 Å². The van der Waals surface area contributed by atoms with Crippen molar-refractivity contribution in [2.75, 3.05) is 7.05 Å². The summed E-state index contributed by atoms with van der Waals surface area (Å²) in [5.41, 5.74) is -0.457. The molecule has 1 aliphatic rings. The highest BCUT2D eigenvalue weighted by Crippen LogP contribution is 2.36. The molecule has 0 atom stereocenters. The van der Waals surface area contributed by atoms with Crippen molar-refractivity contribution in [2.24, 2.45) is 10.4 Å². The van der Waals surface area contributed by atoms with Gasteiger partial charge in [-0.15, -0.1) is 0 Å². The van der Waals surface area contributed by atoms with E-state index >= 15 is 0 Å². The fourth-order valence-corrected chi connectivity index (χ4v) is 2.52. The van der Waals surface area contributed by atoms with Crippen molar-refractivity contribution in [1.29, 1.82) is 0 Å². The van der Waals surface area contributed by atoms with Crippen molar-refractivity contribution in [3.63, 3.8) is 0 Å². The van der Waals surface area contributed by atoms with Gasteiger partial charge in [0.2, 0.25) is 0 Å². The van der Waals surface area contributed by atoms with Gasteiger partial charge in [-0.1, -0.05) is 13.8 Å². The number of amides is 1. The number of aliphatic hydroxyl groups is 1. The van der Waals surface area contributed by atoms with Crippen LogP contribution in [0.2, 0.25) is 0 Å². The molecule has 0 radical (unpaired) electrons. The third-order valence-corrected chi connectivity index (χ3v) is 4.24. The number of allylic oxidation sites excluding steroid dienone is 1. The normalized spacial score (nSPS) is 19.9. The van der Waals surface area contributed by atoms with Crippen molar-refractivity contribution in [3.8, 4) is 0 Å². The average molecular weight is 324 g/mol. The van der Waals surface area contributed by atoms with Crippen molar-refractivity contribution < 1.29 is 14.6 Å². The monoisotopic (exact) mass is 324 g/mol. The quantitative estimate of drug-likeness (QED) is 0.774. The Kier molecular flexibility index (Phi) is 6.81. The Balaban J connectivity index is 2.54. The van der Waals surface area contributed by atoms with Gasteiger partial charge in [-0.3, -0.25) is 4.90 Å². The molecule has 1 amide bonds. The maximum absolute atomic E-state index is 12.3. The third kappa shape index (κ3) is 7.16. The van der Waals surface area contributed by atoms with Crippen LogP contribution in [0.25, 0.3) is 0 Å². The highest BCUT2D eigenvalue weighted by Gasteiger charge is 2.29. The maximum Gasteiger partial charge on any atom is 0.415 e. The summed E-state index contributed by atoms with van der Waals surface area (Å²) < 4.78 is 5.60. The first-order chi connectivity index (χ1) is 10.5. The molecule has 1 rings (SSSR count). The largest absolute Gasteiger partial charge is 0.446 e. The molecule has 1 aliphatic carbocycles. The lowest BCUT2D eigenvalue weighted by Crippen LogP contribution is -2.33. The summed E-state index contributed by atoms with van der Waals surface area (Å²) in [5.74, 6) is 0.524. The minimum atomic E-state index is -0.809. The molecule has 0 aromatic rings. The minimum absolute atomic E-state index is 0.00330. The molecular weight excluding hydrogens is 292 g/mol. The molecule has 5 nitrogen and oxygen atoms in total. The second-order valence-electron chi connectivity index (χ2n) is 7.78. The summed E-state index contributed by atoms with van der Waals surface area (Å²) in [7, 11) is 1.66. The van der Waals surface area contributed by atoms with E-state index in [1.54, 1.807) is 33.2 Å². The molecule has 0 spiro atoms. The Morgan fingerprint density at radius 3 is 2.43 bits per heavy atom. The van der Waals surface area contributed by atoms with E-state index in [4.69, 9.17) is 4.74 Å². The first-order valence-corrected chi connectivity index (χ1v) is 8.40. The average Bonchev–Trinajstić information content (AvgIpc) is 2.44. The van der Waals surface area contributed by atoms with Crippen LogP contribution in [0, 0.1) is 5.41 Å². The first kappa shape index (κ1) is 19.7. The standard InChI is InChI=1S/C18H32N2O3/c1-7-15(19-13-12-18(4,5)22)20(6)16(21)23-14-8-10-17(2,3)11-9-14/h7,13-14,22H,8-12H2,1-6H3/b15-7+,19-13-. The molecule has 0 aliphatic heterocycles. The number of rotatable bonds is 5. The summed E-state index contributed by atoms with van der Waals surface area (Å²) >= 11 is 0. The van der Waals surface area contributed by atoms with Gasteiger partial charge in [0, 0.05) is 19.7 Å². The van der Waals surface area contributed by atoms with Crippen molar-refractivity contribution in [1.82, 2.24) is 4.90 Å². The van der Waals surface area contributed by atoms with Gasteiger partial charge in [-0.05, 0) is 57.9 Å². The molecule has 0 bridgehead atoms. The molecular formula is C18H32N2O3. The maximum atomic E-state index is 12.3. The van der Waals surface area contributed by atoms with Crippen LogP contribution < -0.4 is 0 Å². The van der Waals surface area contributed by atoms with Crippen LogP contribution in [0.3, 0.4) is 0 Å². The Labute approximate surface area is 140 Å². The summed E-state index contributed by atoms with van der Waals surface area (Å²) in [6.45, 7) is 9.77. The van der Waals surface area contributed by atoms with E-state index in [9.17, 15) is 9.90 Å². The van der Waals surface area contributed by atoms with Gasteiger partial charge in [0.25, 0.3) is 0 Å². The molecule has 1 saturated carbocycles. The van der Waals surface area contributed by atoms with Gasteiger partial charge in [0.1, 0.15) is 11.9 Å². The lowest BCUT2D eigenvalue weighted by molar-refractivity contribution is 0.0343.